The molecular formula is C15H20ClNO2. The van der Waals surface area contributed by atoms with Crippen molar-refractivity contribution in [1.29, 1.82) is 0 Å². The Morgan fingerprint density at radius 2 is 2.16 bits per heavy atom. The maximum atomic E-state index is 12.2. The van der Waals surface area contributed by atoms with Crippen molar-refractivity contribution in [2.75, 3.05) is 5.88 Å². The Hall–Kier alpha value is -1.22. The van der Waals surface area contributed by atoms with Gasteiger partial charge >= 0.3 is 0 Å². The Bertz CT molecular complexity index is 461. The summed E-state index contributed by atoms with van der Waals surface area (Å²) in [4.78, 5) is 12.2. The fourth-order valence-corrected chi connectivity index (χ4v) is 3.03. The number of carbonyl (C=O) groups excluding carboxylic acids is 1. The van der Waals surface area contributed by atoms with Gasteiger partial charge < -0.3 is 10.4 Å². The van der Waals surface area contributed by atoms with Gasteiger partial charge in [0.05, 0.1) is 5.56 Å². The molecule has 19 heavy (non-hydrogen) atoms. The van der Waals surface area contributed by atoms with E-state index in [1.807, 2.05) is 6.92 Å². The third-order valence-electron chi connectivity index (χ3n) is 3.82. The Balaban J connectivity index is 2.09. The highest BCUT2D eigenvalue weighted by Gasteiger charge is 2.26. The minimum absolute atomic E-state index is 0.0290. The molecule has 1 aromatic rings. The molecule has 1 aromatic carbocycles. The molecule has 0 radical (unpaired) electrons. The maximum Gasteiger partial charge on any atom is 0.255 e. The van der Waals surface area contributed by atoms with Crippen LogP contribution in [-0.2, 0) is 0 Å². The number of nitrogens with one attached hydrogen (secondary N) is 1. The van der Waals surface area contributed by atoms with Crippen molar-refractivity contribution in [1.82, 2.24) is 5.32 Å². The summed E-state index contributed by atoms with van der Waals surface area (Å²) >= 11 is 5.96. The zero-order valence-electron chi connectivity index (χ0n) is 11.2. The fraction of sp³-hybridized carbons (Fsp3) is 0.533. The highest BCUT2D eigenvalue weighted by Crippen LogP contribution is 2.26. The van der Waals surface area contributed by atoms with Crippen molar-refractivity contribution in [3.63, 3.8) is 0 Å². The molecule has 1 fully saturated rings. The molecule has 1 aliphatic carbocycles. The van der Waals surface area contributed by atoms with E-state index in [4.69, 9.17) is 11.6 Å². The molecule has 0 saturated heterocycles. The molecular weight excluding hydrogens is 262 g/mol. The van der Waals surface area contributed by atoms with E-state index >= 15 is 0 Å². The number of halogens is 1. The van der Waals surface area contributed by atoms with Crippen LogP contribution in [-0.4, -0.2) is 22.9 Å². The second-order valence-corrected chi connectivity index (χ2v) is 5.61. The molecule has 3 nitrogen and oxygen atoms in total. The van der Waals surface area contributed by atoms with Crippen LogP contribution in [0.1, 0.15) is 41.6 Å². The molecule has 0 aromatic heterocycles. The Morgan fingerprint density at radius 3 is 2.89 bits per heavy atom. The Labute approximate surface area is 119 Å². The average molecular weight is 282 g/mol. The van der Waals surface area contributed by atoms with Gasteiger partial charge in [0.15, 0.2) is 0 Å². The molecule has 2 N–H and O–H groups in total. The summed E-state index contributed by atoms with van der Waals surface area (Å²) in [5.41, 5.74) is 1.30. The van der Waals surface area contributed by atoms with Gasteiger partial charge in [0.1, 0.15) is 5.75 Å². The van der Waals surface area contributed by atoms with Crippen LogP contribution in [0.4, 0.5) is 0 Å². The van der Waals surface area contributed by atoms with E-state index in [9.17, 15) is 9.90 Å². The third kappa shape index (κ3) is 3.41. The smallest absolute Gasteiger partial charge is 0.255 e. The molecule has 1 amide bonds. The molecule has 0 aliphatic heterocycles. The lowest BCUT2D eigenvalue weighted by atomic mass is 9.85. The normalized spacial score (nSPS) is 23.1. The van der Waals surface area contributed by atoms with E-state index in [2.05, 4.69) is 5.32 Å². The number of aromatic hydroxyl groups is 1. The van der Waals surface area contributed by atoms with Crippen molar-refractivity contribution in [2.45, 2.75) is 38.6 Å². The molecule has 2 unspecified atom stereocenters. The number of hydrogen-bond donors (Lipinski definition) is 2. The second-order valence-electron chi connectivity index (χ2n) is 5.30. The monoisotopic (exact) mass is 281 g/mol. The summed E-state index contributed by atoms with van der Waals surface area (Å²) in [6.45, 7) is 1.90. The average Bonchev–Trinajstić information content (AvgIpc) is 2.42. The largest absolute Gasteiger partial charge is 0.507 e. The van der Waals surface area contributed by atoms with Gasteiger partial charge in [-0.3, -0.25) is 4.79 Å². The zero-order chi connectivity index (χ0) is 13.8. The maximum absolute atomic E-state index is 12.2. The van der Waals surface area contributed by atoms with E-state index in [0.29, 0.717) is 17.4 Å². The number of aryl methyl sites for hydroxylation is 1. The summed E-state index contributed by atoms with van der Waals surface area (Å²) < 4.78 is 0. The minimum atomic E-state index is -0.205. The number of rotatable bonds is 3. The van der Waals surface area contributed by atoms with Crippen LogP contribution in [0, 0.1) is 12.8 Å². The summed E-state index contributed by atoms with van der Waals surface area (Å²) in [6, 6.07) is 5.18. The molecule has 0 bridgehead atoms. The lowest BCUT2D eigenvalue weighted by Gasteiger charge is -2.30. The number of phenolic OH excluding ortho intramolecular Hbond substituents is 1. The van der Waals surface area contributed by atoms with Crippen LogP contribution in [0.3, 0.4) is 0 Å². The summed E-state index contributed by atoms with van der Waals surface area (Å²) in [5, 5.41) is 12.8. The van der Waals surface area contributed by atoms with Gasteiger partial charge in [0.2, 0.25) is 0 Å². The van der Waals surface area contributed by atoms with Crippen molar-refractivity contribution in [2.24, 2.45) is 5.92 Å². The number of carbonyl (C=O) groups is 1. The summed E-state index contributed by atoms with van der Waals surface area (Å²) in [5.74, 6) is 0.737. The van der Waals surface area contributed by atoms with Crippen LogP contribution in [0.15, 0.2) is 18.2 Å². The van der Waals surface area contributed by atoms with E-state index in [1.165, 1.54) is 6.42 Å². The number of amides is 1. The number of phenols is 1. The van der Waals surface area contributed by atoms with Crippen molar-refractivity contribution in [3.05, 3.63) is 29.3 Å². The van der Waals surface area contributed by atoms with Crippen LogP contribution in [0.25, 0.3) is 0 Å². The van der Waals surface area contributed by atoms with Gasteiger partial charge in [-0.2, -0.15) is 0 Å². The highest BCUT2D eigenvalue weighted by atomic mass is 35.5. The summed E-state index contributed by atoms with van der Waals surface area (Å²) in [7, 11) is 0. The molecule has 0 heterocycles. The molecule has 104 valence electrons. The Morgan fingerprint density at radius 1 is 1.42 bits per heavy atom. The third-order valence-corrected chi connectivity index (χ3v) is 4.22. The van der Waals surface area contributed by atoms with Gasteiger partial charge in [-0.1, -0.05) is 24.5 Å². The van der Waals surface area contributed by atoms with E-state index in [1.54, 1.807) is 18.2 Å². The first kappa shape index (κ1) is 14.2. The fourth-order valence-electron chi connectivity index (χ4n) is 2.66. The van der Waals surface area contributed by atoms with Gasteiger partial charge in [-0.25, -0.2) is 0 Å². The van der Waals surface area contributed by atoms with Crippen LogP contribution in [0.5, 0.6) is 5.75 Å². The first-order valence-electron chi connectivity index (χ1n) is 6.78. The standard InChI is InChI=1S/C15H20ClNO2/c1-10-6-7-14(18)12(8-10)15(19)17-13-5-3-2-4-11(13)9-16/h6-8,11,13,18H,2-5,9H2,1H3,(H,17,19). The van der Waals surface area contributed by atoms with Crippen LogP contribution in [0.2, 0.25) is 0 Å². The number of benzene rings is 1. The van der Waals surface area contributed by atoms with Gasteiger partial charge in [-0.15, -0.1) is 11.6 Å². The SMILES string of the molecule is Cc1ccc(O)c(C(=O)NC2CCCCC2CCl)c1. The van der Waals surface area contributed by atoms with Gasteiger partial charge in [0, 0.05) is 11.9 Å². The predicted molar refractivity (Wildman–Crippen MR) is 76.8 cm³/mol. The molecule has 4 heteroatoms. The van der Waals surface area contributed by atoms with Crippen LogP contribution >= 0.6 is 11.6 Å². The van der Waals surface area contributed by atoms with Crippen molar-refractivity contribution in [3.8, 4) is 5.75 Å². The topological polar surface area (TPSA) is 49.3 Å². The molecule has 0 spiro atoms. The van der Waals surface area contributed by atoms with Gasteiger partial charge in [-0.05, 0) is 37.8 Å². The molecule has 1 saturated carbocycles. The molecule has 2 atom stereocenters. The van der Waals surface area contributed by atoms with E-state index < -0.39 is 0 Å². The van der Waals surface area contributed by atoms with E-state index in [0.717, 1.165) is 24.8 Å². The first-order chi connectivity index (χ1) is 9.11. The first-order valence-corrected chi connectivity index (χ1v) is 7.31. The summed E-state index contributed by atoms with van der Waals surface area (Å²) in [6.07, 6.45) is 4.33. The zero-order valence-corrected chi connectivity index (χ0v) is 11.9. The quantitative estimate of drug-likeness (QED) is 0.836. The predicted octanol–water partition coefficient (Wildman–Crippen LogP) is 3.23. The number of hydrogen-bond acceptors (Lipinski definition) is 2. The van der Waals surface area contributed by atoms with Crippen LogP contribution < -0.4 is 5.32 Å². The van der Waals surface area contributed by atoms with Crippen molar-refractivity contribution >= 4 is 17.5 Å². The van der Waals surface area contributed by atoms with E-state index in [-0.39, 0.29) is 17.7 Å². The lowest BCUT2D eigenvalue weighted by Crippen LogP contribution is -2.42. The minimum Gasteiger partial charge on any atom is -0.507 e. The lowest BCUT2D eigenvalue weighted by molar-refractivity contribution is 0.0908. The molecule has 2 rings (SSSR count). The molecule has 1 aliphatic rings. The second kappa shape index (κ2) is 6.29. The number of alkyl halides is 1. The Kier molecular flexibility index (Phi) is 4.70. The van der Waals surface area contributed by atoms with Crippen molar-refractivity contribution < 1.29 is 9.90 Å². The van der Waals surface area contributed by atoms with Gasteiger partial charge in [0.25, 0.3) is 5.91 Å². The highest BCUT2D eigenvalue weighted by molar-refractivity contribution is 6.18.